The number of carbonyl (C=O) groups excluding carboxylic acids is 1. The Balaban J connectivity index is 2.96. The Labute approximate surface area is 103 Å². The topological polar surface area (TPSA) is 26.3 Å². The fourth-order valence-electron chi connectivity index (χ4n) is 1.02. The van der Waals surface area contributed by atoms with Gasteiger partial charge in [0.05, 0.1) is 5.33 Å². The number of thiol groups is 1. The number of ketones is 1. The molecule has 88 valence electrons. The van der Waals surface area contributed by atoms with Crippen LogP contribution in [-0.2, 0) is 0 Å². The number of benzene rings is 1. The average molecular weight is 315 g/mol. The smallest absolute Gasteiger partial charge is 0.406 e. The Kier molecular flexibility index (Phi) is 4.26. The second kappa shape index (κ2) is 5.09. The Morgan fingerprint density at radius 1 is 1.44 bits per heavy atom. The van der Waals surface area contributed by atoms with E-state index in [1.165, 1.54) is 6.07 Å². The molecule has 0 aliphatic carbocycles. The minimum atomic E-state index is -4.75. The van der Waals surface area contributed by atoms with E-state index in [-0.39, 0.29) is 21.6 Å². The first-order valence-electron chi connectivity index (χ1n) is 4.01. The molecule has 1 aromatic rings. The fraction of sp³-hybridized carbons (Fsp3) is 0.222. The van der Waals surface area contributed by atoms with Gasteiger partial charge in [-0.05, 0) is 18.2 Å². The number of alkyl halides is 4. The van der Waals surface area contributed by atoms with E-state index in [4.69, 9.17) is 0 Å². The first-order valence-corrected chi connectivity index (χ1v) is 5.58. The van der Waals surface area contributed by atoms with Crippen molar-refractivity contribution in [1.29, 1.82) is 0 Å². The third-order valence-electron chi connectivity index (χ3n) is 1.62. The van der Waals surface area contributed by atoms with Crippen molar-refractivity contribution in [3.05, 3.63) is 23.8 Å². The molecule has 0 saturated heterocycles. The van der Waals surface area contributed by atoms with E-state index in [2.05, 4.69) is 33.3 Å². The quantitative estimate of drug-likeness (QED) is 0.525. The summed E-state index contributed by atoms with van der Waals surface area (Å²) >= 11 is 6.88. The summed E-state index contributed by atoms with van der Waals surface area (Å²) in [5, 5.41) is 0.0834. The lowest BCUT2D eigenvalue weighted by molar-refractivity contribution is -0.274. The van der Waals surface area contributed by atoms with E-state index < -0.39 is 12.1 Å². The highest BCUT2D eigenvalue weighted by atomic mass is 79.9. The predicted octanol–water partition coefficient (Wildman–Crippen LogP) is 3.45. The number of Topliss-reactive ketones (excluding diaryl/α,β-unsaturated/α-hetero) is 1. The van der Waals surface area contributed by atoms with Gasteiger partial charge in [0.25, 0.3) is 0 Å². The van der Waals surface area contributed by atoms with Crippen molar-refractivity contribution in [2.24, 2.45) is 0 Å². The highest BCUT2D eigenvalue weighted by Crippen LogP contribution is 2.27. The molecular formula is C9H6BrF3O2S. The maximum atomic E-state index is 11.9. The van der Waals surface area contributed by atoms with Crippen LogP contribution in [0.2, 0.25) is 0 Å². The number of hydrogen-bond donors (Lipinski definition) is 1. The zero-order valence-electron chi connectivity index (χ0n) is 7.71. The van der Waals surface area contributed by atoms with Gasteiger partial charge in [-0.25, -0.2) is 0 Å². The molecule has 0 amide bonds. The lowest BCUT2D eigenvalue weighted by atomic mass is 10.1. The molecule has 16 heavy (non-hydrogen) atoms. The van der Waals surface area contributed by atoms with E-state index >= 15 is 0 Å². The molecule has 0 heterocycles. The highest BCUT2D eigenvalue weighted by molar-refractivity contribution is 9.09. The van der Waals surface area contributed by atoms with E-state index in [9.17, 15) is 18.0 Å². The van der Waals surface area contributed by atoms with Gasteiger partial charge in [-0.1, -0.05) is 15.9 Å². The van der Waals surface area contributed by atoms with E-state index in [0.29, 0.717) is 0 Å². The van der Waals surface area contributed by atoms with Crippen LogP contribution in [0.15, 0.2) is 23.1 Å². The summed E-state index contributed by atoms with van der Waals surface area (Å²) in [5.74, 6) is -0.660. The lowest BCUT2D eigenvalue weighted by Crippen LogP contribution is -2.17. The fourth-order valence-corrected chi connectivity index (χ4v) is 1.64. The van der Waals surface area contributed by atoms with Gasteiger partial charge in [0, 0.05) is 10.5 Å². The molecule has 7 heteroatoms. The van der Waals surface area contributed by atoms with Crippen LogP contribution in [0.4, 0.5) is 13.2 Å². The normalized spacial score (nSPS) is 11.3. The molecule has 0 aliphatic heterocycles. The largest absolute Gasteiger partial charge is 0.573 e. The molecule has 1 rings (SSSR count). The van der Waals surface area contributed by atoms with Gasteiger partial charge >= 0.3 is 6.36 Å². The summed E-state index contributed by atoms with van der Waals surface area (Å²) < 4.78 is 39.3. The number of carbonyl (C=O) groups is 1. The second-order valence-electron chi connectivity index (χ2n) is 2.78. The molecule has 0 aliphatic rings. The minimum absolute atomic E-state index is 0.0834. The van der Waals surface area contributed by atoms with Gasteiger partial charge in [-0.3, -0.25) is 4.79 Å². The van der Waals surface area contributed by atoms with Gasteiger partial charge in [0.2, 0.25) is 0 Å². The van der Waals surface area contributed by atoms with Crippen molar-refractivity contribution >= 4 is 34.3 Å². The monoisotopic (exact) mass is 314 g/mol. The second-order valence-corrected chi connectivity index (χ2v) is 3.83. The predicted molar refractivity (Wildman–Crippen MR) is 58.5 cm³/mol. The summed E-state index contributed by atoms with van der Waals surface area (Å²) in [5.41, 5.74) is 0.245. The Hall–Kier alpha value is -0.690. The molecule has 0 saturated carbocycles. The molecule has 0 N–H and O–H groups in total. The molecule has 0 fully saturated rings. The first-order chi connectivity index (χ1) is 7.33. The van der Waals surface area contributed by atoms with Gasteiger partial charge in [0.1, 0.15) is 5.75 Å². The summed E-state index contributed by atoms with van der Waals surface area (Å²) in [6, 6.07) is 3.36. The van der Waals surface area contributed by atoms with Crippen molar-refractivity contribution in [3.63, 3.8) is 0 Å². The maximum Gasteiger partial charge on any atom is 0.573 e. The van der Waals surface area contributed by atoms with E-state index in [1.807, 2.05) is 0 Å². The highest BCUT2D eigenvalue weighted by Gasteiger charge is 2.31. The molecule has 0 unspecified atom stereocenters. The van der Waals surface area contributed by atoms with Crippen LogP contribution in [0.5, 0.6) is 5.75 Å². The molecule has 0 atom stereocenters. The summed E-state index contributed by atoms with van der Waals surface area (Å²) in [7, 11) is 0. The Morgan fingerprint density at radius 3 is 2.50 bits per heavy atom. The van der Waals surface area contributed by atoms with Crippen LogP contribution < -0.4 is 4.74 Å². The molecule has 0 radical (unpaired) electrons. The number of halogens is 4. The average Bonchev–Trinajstić information content (AvgIpc) is 2.14. The van der Waals surface area contributed by atoms with Crippen molar-refractivity contribution in [1.82, 2.24) is 0 Å². The van der Waals surface area contributed by atoms with Crippen LogP contribution in [-0.4, -0.2) is 17.5 Å². The summed E-state index contributed by atoms with van der Waals surface area (Å²) in [6.07, 6.45) is -4.75. The van der Waals surface area contributed by atoms with Crippen LogP contribution in [0.3, 0.4) is 0 Å². The lowest BCUT2D eigenvalue weighted by Gasteiger charge is -2.10. The number of hydrogen-bond acceptors (Lipinski definition) is 3. The van der Waals surface area contributed by atoms with Crippen molar-refractivity contribution < 1.29 is 22.7 Å². The zero-order valence-corrected chi connectivity index (χ0v) is 10.2. The van der Waals surface area contributed by atoms with Gasteiger partial charge < -0.3 is 4.74 Å². The summed E-state index contributed by atoms with van der Waals surface area (Å²) in [6.45, 7) is 0. The SMILES string of the molecule is O=C(CBr)c1ccc(OC(F)(F)F)cc1S. The van der Waals surface area contributed by atoms with Gasteiger partial charge in [0.15, 0.2) is 5.78 Å². The van der Waals surface area contributed by atoms with Crippen LogP contribution in [0.1, 0.15) is 10.4 Å². The molecule has 0 spiro atoms. The maximum absolute atomic E-state index is 11.9. The first kappa shape index (κ1) is 13.4. The number of ether oxygens (including phenoxy) is 1. The molecule has 2 nitrogen and oxygen atoms in total. The van der Waals surface area contributed by atoms with E-state index in [0.717, 1.165) is 12.1 Å². The van der Waals surface area contributed by atoms with Crippen LogP contribution >= 0.6 is 28.6 Å². The molecule has 0 bridgehead atoms. The molecule has 0 aromatic heterocycles. The van der Waals surface area contributed by atoms with Crippen molar-refractivity contribution in [3.8, 4) is 5.75 Å². The molecular weight excluding hydrogens is 309 g/mol. The standard InChI is InChI=1S/C9H6BrF3O2S/c10-4-7(14)6-2-1-5(3-8(6)16)15-9(11,12)13/h1-3,16H,4H2. The van der Waals surface area contributed by atoms with Crippen molar-refractivity contribution in [2.75, 3.05) is 5.33 Å². The van der Waals surface area contributed by atoms with Crippen molar-refractivity contribution in [2.45, 2.75) is 11.3 Å². The Bertz CT molecular complexity index is 406. The minimum Gasteiger partial charge on any atom is -0.406 e. The number of rotatable bonds is 3. The Morgan fingerprint density at radius 2 is 2.06 bits per heavy atom. The van der Waals surface area contributed by atoms with Crippen LogP contribution in [0.25, 0.3) is 0 Å². The zero-order chi connectivity index (χ0) is 12.3. The van der Waals surface area contributed by atoms with Gasteiger partial charge in [-0.15, -0.1) is 25.8 Å². The van der Waals surface area contributed by atoms with Gasteiger partial charge in [-0.2, -0.15) is 0 Å². The van der Waals surface area contributed by atoms with E-state index in [1.54, 1.807) is 0 Å². The third-order valence-corrected chi connectivity index (χ3v) is 2.50. The van der Waals surface area contributed by atoms with Crippen LogP contribution in [0, 0.1) is 0 Å². The summed E-state index contributed by atoms with van der Waals surface area (Å²) in [4.78, 5) is 11.4. The molecule has 1 aromatic carbocycles. The third kappa shape index (κ3) is 3.71.